The van der Waals surface area contributed by atoms with Gasteiger partial charge in [-0.25, -0.2) is 8.42 Å². The molecule has 1 fully saturated rings. The summed E-state index contributed by atoms with van der Waals surface area (Å²) in [7, 11) is -3.79. The van der Waals surface area contributed by atoms with Gasteiger partial charge in [-0.1, -0.05) is 23.8 Å². The number of anilines is 1. The molecule has 6 heteroatoms. The molecule has 3 rings (SSSR count). The zero-order valence-electron chi connectivity index (χ0n) is 16.9. The van der Waals surface area contributed by atoms with Crippen molar-refractivity contribution in [3.05, 3.63) is 59.2 Å². The highest BCUT2D eigenvalue weighted by atomic mass is 32.2. The highest BCUT2D eigenvalue weighted by Gasteiger charge is 2.30. The third kappa shape index (κ3) is 4.22. The van der Waals surface area contributed by atoms with Gasteiger partial charge in [-0.05, 0) is 76.8 Å². The number of likely N-dealkylation sites (tertiary alicyclic amines) is 1. The number of piperidine rings is 1. The van der Waals surface area contributed by atoms with Crippen LogP contribution in [0, 0.1) is 13.8 Å². The largest absolute Gasteiger partial charge is 0.333 e. The minimum Gasteiger partial charge on any atom is -0.333 e. The maximum absolute atomic E-state index is 13.1. The van der Waals surface area contributed by atoms with Crippen molar-refractivity contribution < 1.29 is 13.2 Å². The Bertz CT molecular complexity index is 958. The van der Waals surface area contributed by atoms with Gasteiger partial charge in [0.2, 0.25) is 0 Å². The van der Waals surface area contributed by atoms with E-state index in [1.807, 2.05) is 24.0 Å². The number of sulfonamides is 1. The van der Waals surface area contributed by atoms with Crippen molar-refractivity contribution in [1.29, 1.82) is 0 Å². The molecule has 5 nitrogen and oxygen atoms in total. The van der Waals surface area contributed by atoms with E-state index >= 15 is 0 Å². The third-order valence-corrected chi connectivity index (χ3v) is 6.98. The summed E-state index contributed by atoms with van der Waals surface area (Å²) in [6.07, 6.45) is 3.06. The van der Waals surface area contributed by atoms with Gasteiger partial charge in [0, 0.05) is 23.3 Å². The summed E-state index contributed by atoms with van der Waals surface area (Å²) in [5, 5.41) is 0. The molecule has 0 radical (unpaired) electrons. The van der Waals surface area contributed by atoms with Gasteiger partial charge in [0.05, 0.1) is 4.90 Å². The lowest BCUT2D eigenvalue weighted by Crippen LogP contribution is -2.47. The first-order valence-electron chi connectivity index (χ1n) is 9.72. The minimum absolute atomic E-state index is 0.105. The molecule has 0 saturated carbocycles. The monoisotopic (exact) mass is 400 g/mol. The molecule has 150 valence electrons. The van der Waals surface area contributed by atoms with Crippen LogP contribution in [0.1, 0.15) is 54.6 Å². The number of aryl methyl sites for hydroxylation is 2. The van der Waals surface area contributed by atoms with Crippen LogP contribution >= 0.6 is 0 Å². The number of nitrogens with one attached hydrogen (secondary N) is 1. The first kappa shape index (κ1) is 20.4. The number of carbonyl (C=O) groups is 1. The predicted octanol–water partition coefficient (Wildman–Crippen LogP) is 4.51. The Morgan fingerprint density at radius 2 is 1.61 bits per heavy atom. The Kier molecular flexibility index (Phi) is 5.79. The van der Waals surface area contributed by atoms with Crippen LogP contribution in [0.3, 0.4) is 0 Å². The van der Waals surface area contributed by atoms with E-state index in [4.69, 9.17) is 0 Å². The topological polar surface area (TPSA) is 66.5 Å². The smallest absolute Gasteiger partial charge is 0.262 e. The van der Waals surface area contributed by atoms with E-state index in [1.54, 1.807) is 31.2 Å². The van der Waals surface area contributed by atoms with Gasteiger partial charge >= 0.3 is 0 Å². The fraction of sp³-hybridized carbons (Fsp3) is 0.409. The Balaban J connectivity index is 1.92. The highest BCUT2D eigenvalue weighted by Crippen LogP contribution is 2.27. The molecule has 0 aromatic heterocycles. The van der Waals surface area contributed by atoms with Crippen molar-refractivity contribution in [3.8, 4) is 0 Å². The van der Waals surface area contributed by atoms with Gasteiger partial charge in [-0.15, -0.1) is 0 Å². The summed E-state index contributed by atoms with van der Waals surface area (Å²) < 4.78 is 28.5. The molecule has 1 heterocycles. The van der Waals surface area contributed by atoms with Crippen molar-refractivity contribution in [2.45, 2.75) is 63.9 Å². The van der Waals surface area contributed by atoms with Gasteiger partial charge in [0.25, 0.3) is 15.9 Å². The molecule has 1 N–H and O–H groups in total. The minimum atomic E-state index is -3.79. The molecule has 2 atom stereocenters. The van der Waals surface area contributed by atoms with Gasteiger partial charge in [0.15, 0.2) is 0 Å². The number of amides is 1. The summed E-state index contributed by atoms with van der Waals surface area (Å²) in [6.45, 7) is 7.79. The quantitative estimate of drug-likeness (QED) is 0.821. The van der Waals surface area contributed by atoms with E-state index in [0.717, 1.165) is 24.8 Å². The second-order valence-corrected chi connectivity index (χ2v) is 9.44. The van der Waals surface area contributed by atoms with E-state index in [-0.39, 0.29) is 22.9 Å². The average molecular weight is 401 g/mol. The van der Waals surface area contributed by atoms with Crippen LogP contribution in [0.15, 0.2) is 47.4 Å². The summed E-state index contributed by atoms with van der Waals surface area (Å²) in [6, 6.07) is 12.4. The van der Waals surface area contributed by atoms with Crippen LogP contribution in [-0.2, 0) is 10.0 Å². The van der Waals surface area contributed by atoms with Gasteiger partial charge in [-0.3, -0.25) is 9.52 Å². The summed E-state index contributed by atoms with van der Waals surface area (Å²) in [5.41, 5.74) is 2.57. The SMILES string of the molecule is Cc1ccc(NS(=O)(=O)c2cc(C(=O)N3C(C)CCCC3C)ccc2C)cc1. The standard InChI is InChI=1S/C22H28N2O3S/c1-15-8-12-20(13-9-15)23-28(26,27)21-14-19(11-10-16(21)2)22(25)24-17(3)6-5-7-18(24)4/h8-14,17-18,23H,5-7H2,1-4H3. The summed E-state index contributed by atoms with van der Waals surface area (Å²) >= 11 is 0. The first-order chi connectivity index (χ1) is 13.2. The number of hydrogen-bond acceptors (Lipinski definition) is 3. The third-order valence-electron chi connectivity index (χ3n) is 5.46. The molecule has 2 aromatic rings. The zero-order chi connectivity index (χ0) is 20.5. The van der Waals surface area contributed by atoms with Crippen LogP contribution in [0.2, 0.25) is 0 Å². The van der Waals surface area contributed by atoms with Crippen LogP contribution in [0.5, 0.6) is 0 Å². The number of rotatable bonds is 4. The van der Waals surface area contributed by atoms with Gasteiger partial charge < -0.3 is 4.90 Å². The second kappa shape index (κ2) is 7.95. The van der Waals surface area contributed by atoms with Crippen molar-refractivity contribution >= 4 is 21.6 Å². The maximum atomic E-state index is 13.1. The molecule has 2 aromatic carbocycles. The molecule has 1 aliphatic heterocycles. The maximum Gasteiger partial charge on any atom is 0.262 e. The molecule has 1 saturated heterocycles. The van der Waals surface area contributed by atoms with E-state index in [0.29, 0.717) is 16.8 Å². The Morgan fingerprint density at radius 3 is 2.21 bits per heavy atom. The molecular weight excluding hydrogens is 372 g/mol. The van der Waals surface area contributed by atoms with E-state index in [1.165, 1.54) is 6.07 Å². The molecule has 2 unspecified atom stereocenters. The lowest BCUT2D eigenvalue weighted by atomic mass is 9.96. The fourth-order valence-electron chi connectivity index (χ4n) is 3.83. The Morgan fingerprint density at radius 1 is 1.00 bits per heavy atom. The fourth-order valence-corrected chi connectivity index (χ4v) is 5.16. The Hall–Kier alpha value is -2.34. The van der Waals surface area contributed by atoms with Crippen molar-refractivity contribution in [1.82, 2.24) is 4.90 Å². The summed E-state index contributed by atoms with van der Waals surface area (Å²) in [4.78, 5) is 15.1. The number of nitrogens with zero attached hydrogens (tertiary/aromatic N) is 1. The molecule has 0 bridgehead atoms. The summed E-state index contributed by atoms with van der Waals surface area (Å²) in [5.74, 6) is -0.105. The van der Waals surface area contributed by atoms with E-state index < -0.39 is 10.0 Å². The normalized spacial score (nSPS) is 20.1. The molecule has 0 aliphatic carbocycles. The highest BCUT2D eigenvalue weighted by molar-refractivity contribution is 7.92. The van der Waals surface area contributed by atoms with Crippen LogP contribution < -0.4 is 4.72 Å². The molecule has 1 aliphatic rings. The lowest BCUT2D eigenvalue weighted by molar-refractivity contribution is 0.0510. The lowest BCUT2D eigenvalue weighted by Gasteiger charge is -2.39. The molecule has 1 amide bonds. The number of hydrogen-bond donors (Lipinski definition) is 1. The van der Waals surface area contributed by atoms with Crippen LogP contribution in [-0.4, -0.2) is 31.3 Å². The van der Waals surface area contributed by atoms with Crippen LogP contribution in [0.4, 0.5) is 5.69 Å². The predicted molar refractivity (Wildman–Crippen MR) is 112 cm³/mol. The Labute approximate surface area is 167 Å². The van der Waals surface area contributed by atoms with Crippen molar-refractivity contribution in [3.63, 3.8) is 0 Å². The van der Waals surface area contributed by atoms with Gasteiger partial charge in [0.1, 0.15) is 0 Å². The first-order valence-corrected chi connectivity index (χ1v) is 11.2. The van der Waals surface area contributed by atoms with Gasteiger partial charge in [-0.2, -0.15) is 0 Å². The molecular formula is C22H28N2O3S. The van der Waals surface area contributed by atoms with E-state index in [9.17, 15) is 13.2 Å². The van der Waals surface area contributed by atoms with Crippen molar-refractivity contribution in [2.75, 3.05) is 4.72 Å². The average Bonchev–Trinajstić information content (AvgIpc) is 2.63. The van der Waals surface area contributed by atoms with Crippen molar-refractivity contribution in [2.24, 2.45) is 0 Å². The van der Waals surface area contributed by atoms with Crippen LogP contribution in [0.25, 0.3) is 0 Å². The molecule has 28 heavy (non-hydrogen) atoms. The molecule has 0 spiro atoms. The zero-order valence-corrected chi connectivity index (χ0v) is 17.7. The number of benzene rings is 2. The second-order valence-electron chi connectivity index (χ2n) is 7.79. The number of carbonyl (C=O) groups excluding carboxylic acids is 1. The van der Waals surface area contributed by atoms with E-state index in [2.05, 4.69) is 18.6 Å².